The molecule has 0 aromatic heterocycles. The van der Waals surface area contributed by atoms with Gasteiger partial charge in [0.1, 0.15) is 0 Å². The third kappa shape index (κ3) is 4.98. The molecule has 0 spiro atoms. The quantitative estimate of drug-likeness (QED) is 0.667. The van der Waals surface area contributed by atoms with Crippen LogP contribution in [0.15, 0.2) is 0 Å². The Morgan fingerprint density at radius 1 is 1.07 bits per heavy atom. The zero-order valence-corrected chi connectivity index (χ0v) is 10.8. The monoisotopic (exact) mass is 212 g/mol. The van der Waals surface area contributed by atoms with Crippen molar-refractivity contribution >= 4 is 0 Å². The lowest BCUT2D eigenvalue weighted by atomic mass is 9.98. The normalized spacial score (nSPS) is 21.8. The minimum absolute atomic E-state index is 0.938. The van der Waals surface area contributed by atoms with Crippen LogP contribution in [-0.4, -0.2) is 49.6 Å². The molecule has 0 bridgehead atoms. The lowest BCUT2D eigenvalue weighted by Gasteiger charge is -2.34. The van der Waals surface area contributed by atoms with Gasteiger partial charge < -0.3 is 9.80 Å². The van der Waals surface area contributed by atoms with Crippen LogP contribution >= 0.6 is 0 Å². The highest BCUT2D eigenvalue weighted by atomic mass is 15.2. The molecule has 1 heterocycles. The summed E-state index contributed by atoms with van der Waals surface area (Å²) in [5.41, 5.74) is 0. The number of unbranched alkanes of at least 4 members (excludes halogenated alkanes) is 1. The van der Waals surface area contributed by atoms with Crippen LogP contribution in [0.5, 0.6) is 0 Å². The first kappa shape index (κ1) is 13.0. The Hall–Kier alpha value is -0.0800. The molecule has 2 nitrogen and oxygen atoms in total. The lowest BCUT2D eigenvalue weighted by Crippen LogP contribution is -2.46. The summed E-state index contributed by atoms with van der Waals surface area (Å²) in [6, 6.07) is 0. The molecule has 1 aliphatic heterocycles. The van der Waals surface area contributed by atoms with E-state index in [0.29, 0.717) is 0 Å². The fourth-order valence-electron chi connectivity index (χ4n) is 2.31. The molecule has 0 N–H and O–H groups in total. The zero-order chi connectivity index (χ0) is 11.1. The van der Waals surface area contributed by atoms with Crippen molar-refractivity contribution in [3.8, 4) is 0 Å². The molecule has 1 fully saturated rings. The smallest absolute Gasteiger partial charge is 0.0110 e. The number of rotatable bonds is 6. The van der Waals surface area contributed by atoms with Crippen molar-refractivity contribution in [3.05, 3.63) is 0 Å². The standard InChI is InChI=1S/C13H28N2/c1-4-6-7-13(5-2)12-15-10-8-14(3)9-11-15/h13H,4-12H2,1-3H3. The molecule has 1 unspecified atom stereocenters. The number of nitrogens with zero attached hydrogens (tertiary/aromatic N) is 2. The second-order valence-electron chi connectivity index (χ2n) is 5.02. The molecule has 1 saturated heterocycles. The first-order valence-electron chi connectivity index (χ1n) is 6.67. The molecule has 0 aliphatic carbocycles. The molecule has 15 heavy (non-hydrogen) atoms. The van der Waals surface area contributed by atoms with Gasteiger partial charge in [-0.3, -0.25) is 0 Å². The van der Waals surface area contributed by atoms with Crippen LogP contribution in [0.4, 0.5) is 0 Å². The lowest BCUT2D eigenvalue weighted by molar-refractivity contribution is 0.132. The van der Waals surface area contributed by atoms with Gasteiger partial charge in [-0.1, -0.05) is 33.1 Å². The van der Waals surface area contributed by atoms with E-state index in [1.807, 2.05) is 0 Å². The average Bonchev–Trinajstić information content (AvgIpc) is 2.27. The number of likely N-dealkylation sites (N-methyl/N-ethyl adjacent to an activating group) is 1. The number of piperazine rings is 1. The van der Waals surface area contributed by atoms with Crippen LogP contribution in [0.1, 0.15) is 39.5 Å². The third-order valence-electron chi connectivity index (χ3n) is 3.66. The highest BCUT2D eigenvalue weighted by Gasteiger charge is 2.16. The summed E-state index contributed by atoms with van der Waals surface area (Å²) in [5.74, 6) is 0.938. The van der Waals surface area contributed by atoms with Crippen molar-refractivity contribution in [2.75, 3.05) is 39.8 Å². The summed E-state index contributed by atoms with van der Waals surface area (Å²) >= 11 is 0. The predicted molar refractivity (Wildman–Crippen MR) is 67.2 cm³/mol. The maximum Gasteiger partial charge on any atom is 0.0110 e. The maximum absolute atomic E-state index is 2.66. The minimum atomic E-state index is 0.938. The Balaban J connectivity index is 2.19. The van der Waals surface area contributed by atoms with Gasteiger partial charge in [0.15, 0.2) is 0 Å². The SMILES string of the molecule is CCCCC(CC)CN1CCN(C)CC1. The summed E-state index contributed by atoms with van der Waals surface area (Å²) in [5, 5.41) is 0. The zero-order valence-electron chi connectivity index (χ0n) is 10.8. The average molecular weight is 212 g/mol. The fourth-order valence-corrected chi connectivity index (χ4v) is 2.31. The van der Waals surface area contributed by atoms with E-state index in [1.54, 1.807) is 0 Å². The van der Waals surface area contributed by atoms with E-state index in [1.165, 1.54) is 58.4 Å². The van der Waals surface area contributed by atoms with Gasteiger partial charge in [0, 0.05) is 32.7 Å². The van der Waals surface area contributed by atoms with Crippen LogP contribution in [-0.2, 0) is 0 Å². The van der Waals surface area contributed by atoms with E-state index < -0.39 is 0 Å². The largest absolute Gasteiger partial charge is 0.304 e. The topological polar surface area (TPSA) is 6.48 Å². The third-order valence-corrected chi connectivity index (χ3v) is 3.66. The summed E-state index contributed by atoms with van der Waals surface area (Å²) in [7, 11) is 2.23. The minimum Gasteiger partial charge on any atom is -0.304 e. The first-order chi connectivity index (χ1) is 7.26. The molecule has 1 atom stereocenters. The summed E-state index contributed by atoms with van der Waals surface area (Å²) < 4.78 is 0. The van der Waals surface area contributed by atoms with Crippen molar-refractivity contribution in [1.82, 2.24) is 9.80 Å². The molecule has 2 heteroatoms. The molecule has 0 amide bonds. The van der Waals surface area contributed by atoms with Gasteiger partial charge >= 0.3 is 0 Å². The van der Waals surface area contributed by atoms with Crippen molar-refractivity contribution in [1.29, 1.82) is 0 Å². The van der Waals surface area contributed by atoms with E-state index in [-0.39, 0.29) is 0 Å². The van der Waals surface area contributed by atoms with Gasteiger partial charge in [-0.2, -0.15) is 0 Å². The van der Waals surface area contributed by atoms with Gasteiger partial charge in [-0.05, 0) is 19.4 Å². The van der Waals surface area contributed by atoms with E-state index in [4.69, 9.17) is 0 Å². The fraction of sp³-hybridized carbons (Fsp3) is 1.00. The van der Waals surface area contributed by atoms with E-state index in [2.05, 4.69) is 30.7 Å². The maximum atomic E-state index is 2.66. The predicted octanol–water partition coefficient (Wildman–Crippen LogP) is 2.45. The van der Waals surface area contributed by atoms with Gasteiger partial charge in [0.05, 0.1) is 0 Å². The van der Waals surface area contributed by atoms with Crippen LogP contribution in [0.3, 0.4) is 0 Å². The Kier molecular flexibility index (Phi) is 6.26. The summed E-state index contributed by atoms with van der Waals surface area (Å²) in [6.07, 6.45) is 5.54. The van der Waals surface area contributed by atoms with Crippen LogP contribution in [0.25, 0.3) is 0 Å². The Morgan fingerprint density at radius 2 is 1.73 bits per heavy atom. The highest BCUT2D eigenvalue weighted by molar-refractivity contribution is 4.72. The molecule has 90 valence electrons. The molecular formula is C13H28N2. The molecular weight excluding hydrogens is 184 g/mol. The first-order valence-corrected chi connectivity index (χ1v) is 6.67. The van der Waals surface area contributed by atoms with Gasteiger partial charge in [-0.15, -0.1) is 0 Å². The molecule has 0 aromatic carbocycles. The van der Waals surface area contributed by atoms with E-state index >= 15 is 0 Å². The highest BCUT2D eigenvalue weighted by Crippen LogP contribution is 2.15. The van der Waals surface area contributed by atoms with Crippen molar-refractivity contribution in [3.63, 3.8) is 0 Å². The molecule has 0 radical (unpaired) electrons. The summed E-state index contributed by atoms with van der Waals surface area (Å²) in [4.78, 5) is 5.09. The second kappa shape index (κ2) is 7.24. The molecule has 1 rings (SSSR count). The van der Waals surface area contributed by atoms with Crippen LogP contribution < -0.4 is 0 Å². The Morgan fingerprint density at radius 3 is 2.27 bits per heavy atom. The van der Waals surface area contributed by atoms with E-state index in [0.717, 1.165) is 5.92 Å². The van der Waals surface area contributed by atoms with Crippen LogP contribution in [0.2, 0.25) is 0 Å². The molecule has 0 aromatic rings. The van der Waals surface area contributed by atoms with Gasteiger partial charge in [0.25, 0.3) is 0 Å². The van der Waals surface area contributed by atoms with E-state index in [9.17, 15) is 0 Å². The summed E-state index contributed by atoms with van der Waals surface area (Å²) in [6.45, 7) is 11.0. The number of hydrogen-bond acceptors (Lipinski definition) is 2. The molecule has 1 aliphatic rings. The van der Waals surface area contributed by atoms with Crippen molar-refractivity contribution in [2.24, 2.45) is 5.92 Å². The van der Waals surface area contributed by atoms with Gasteiger partial charge in [-0.25, -0.2) is 0 Å². The molecule has 0 saturated carbocycles. The van der Waals surface area contributed by atoms with Gasteiger partial charge in [0.2, 0.25) is 0 Å². The van der Waals surface area contributed by atoms with Crippen LogP contribution in [0, 0.1) is 5.92 Å². The Bertz CT molecular complexity index is 148. The Labute approximate surface area is 95.6 Å². The number of hydrogen-bond donors (Lipinski definition) is 0. The van der Waals surface area contributed by atoms with Crippen molar-refractivity contribution in [2.45, 2.75) is 39.5 Å². The van der Waals surface area contributed by atoms with Crippen molar-refractivity contribution < 1.29 is 0 Å². The second-order valence-corrected chi connectivity index (χ2v) is 5.02.